The molecule has 3 nitrogen and oxygen atoms in total. The van der Waals surface area contributed by atoms with E-state index in [9.17, 15) is 9.90 Å². The zero-order chi connectivity index (χ0) is 15.4. The zero-order valence-corrected chi connectivity index (χ0v) is 13.8. The van der Waals surface area contributed by atoms with Gasteiger partial charge in [0.25, 0.3) is 0 Å². The van der Waals surface area contributed by atoms with Crippen molar-refractivity contribution in [3.05, 3.63) is 71.8 Å². The molecule has 122 valence electrons. The van der Waals surface area contributed by atoms with E-state index < -0.39 is 12.0 Å². The lowest BCUT2D eigenvalue weighted by molar-refractivity contribution is -0.145. The van der Waals surface area contributed by atoms with Gasteiger partial charge in [-0.25, -0.2) is 0 Å². The molecular weight excluding hydrogens is 310 g/mol. The molecule has 0 aromatic heterocycles. The van der Waals surface area contributed by atoms with E-state index in [4.69, 9.17) is 0 Å². The molecule has 2 aromatic rings. The summed E-state index contributed by atoms with van der Waals surface area (Å²) in [4.78, 5) is 13.8. The first kappa shape index (κ1) is 17.5. The second kappa shape index (κ2) is 8.14. The average molecular weight is 332 g/mol. The Morgan fingerprint density at radius 2 is 1.48 bits per heavy atom. The molecule has 4 heteroatoms. The van der Waals surface area contributed by atoms with Crippen molar-refractivity contribution in [2.24, 2.45) is 0 Å². The SMILES string of the molecule is Cl.O=C(O)C1CCCCN1C(c1ccccc1)c1ccccc1. The third kappa shape index (κ3) is 3.92. The first-order chi connectivity index (χ1) is 10.8. The number of piperidine rings is 1. The molecule has 1 heterocycles. The summed E-state index contributed by atoms with van der Waals surface area (Å²) in [7, 11) is 0. The molecule has 1 aliphatic rings. The molecule has 1 unspecified atom stereocenters. The van der Waals surface area contributed by atoms with Crippen molar-refractivity contribution < 1.29 is 9.90 Å². The monoisotopic (exact) mass is 331 g/mol. The Kier molecular flexibility index (Phi) is 6.20. The molecule has 0 saturated carbocycles. The quantitative estimate of drug-likeness (QED) is 0.915. The fourth-order valence-corrected chi connectivity index (χ4v) is 3.37. The van der Waals surface area contributed by atoms with Gasteiger partial charge in [0, 0.05) is 0 Å². The lowest BCUT2D eigenvalue weighted by Crippen LogP contribution is -2.46. The van der Waals surface area contributed by atoms with Crippen molar-refractivity contribution in [3.63, 3.8) is 0 Å². The average Bonchev–Trinajstić information content (AvgIpc) is 2.57. The first-order valence-electron chi connectivity index (χ1n) is 7.86. The van der Waals surface area contributed by atoms with Crippen LogP contribution in [0.4, 0.5) is 0 Å². The van der Waals surface area contributed by atoms with Crippen LogP contribution in [0.15, 0.2) is 60.7 Å². The summed E-state index contributed by atoms with van der Waals surface area (Å²) in [6.07, 6.45) is 2.77. The molecule has 1 atom stereocenters. The predicted molar refractivity (Wildman–Crippen MR) is 94.0 cm³/mol. The number of hydrogen-bond donors (Lipinski definition) is 1. The van der Waals surface area contributed by atoms with Crippen molar-refractivity contribution in [2.45, 2.75) is 31.3 Å². The van der Waals surface area contributed by atoms with Gasteiger partial charge < -0.3 is 5.11 Å². The molecule has 0 bridgehead atoms. The number of carboxylic acid groups (broad SMARTS) is 1. The van der Waals surface area contributed by atoms with E-state index in [1.54, 1.807) is 0 Å². The van der Waals surface area contributed by atoms with Gasteiger partial charge in [0.15, 0.2) is 0 Å². The number of benzene rings is 2. The number of halogens is 1. The van der Waals surface area contributed by atoms with E-state index in [-0.39, 0.29) is 18.4 Å². The Bertz CT molecular complexity index is 578. The second-order valence-corrected chi connectivity index (χ2v) is 5.81. The van der Waals surface area contributed by atoms with E-state index in [1.807, 2.05) is 36.4 Å². The highest BCUT2D eigenvalue weighted by atomic mass is 35.5. The van der Waals surface area contributed by atoms with Crippen LogP contribution >= 0.6 is 12.4 Å². The van der Waals surface area contributed by atoms with E-state index in [0.717, 1.165) is 36.9 Å². The third-order valence-electron chi connectivity index (χ3n) is 4.39. The molecule has 0 radical (unpaired) electrons. The maximum absolute atomic E-state index is 11.7. The lowest BCUT2D eigenvalue weighted by Gasteiger charge is -2.39. The highest BCUT2D eigenvalue weighted by molar-refractivity contribution is 5.85. The Balaban J connectivity index is 0.00000192. The van der Waals surface area contributed by atoms with E-state index in [1.165, 1.54) is 0 Å². The van der Waals surface area contributed by atoms with Crippen LogP contribution in [0.5, 0.6) is 0 Å². The summed E-state index contributed by atoms with van der Waals surface area (Å²) in [6, 6.07) is 20.0. The van der Waals surface area contributed by atoms with Gasteiger partial charge in [-0.2, -0.15) is 0 Å². The Labute approximate surface area is 143 Å². The molecule has 1 fully saturated rings. The van der Waals surface area contributed by atoms with Crippen molar-refractivity contribution >= 4 is 18.4 Å². The summed E-state index contributed by atoms with van der Waals surface area (Å²) in [5.74, 6) is -0.712. The summed E-state index contributed by atoms with van der Waals surface area (Å²) in [5.41, 5.74) is 2.31. The maximum atomic E-state index is 11.7. The highest BCUT2D eigenvalue weighted by Gasteiger charge is 2.34. The maximum Gasteiger partial charge on any atom is 0.320 e. The molecule has 0 spiro atoms. The van der Waals surface area contributed by atoms with Crippen LogP contribution in [-0.4, -0.2) is 28.6 Å². The zero-order valence-electron chi connectivity index (χ0n) is 13.0. The largest absolute Gasteiger partial charge is 0.480 e. The molecule has 3 rings (SSSR count). The van der Waals surface area contributed by atoms with Crippen LogP contribution in [0, 0.1) is 0 Å². The van der Waals surface area contributed by atoms with Crippen LogP contribution in [0.3, 0.4) is 0 Å². The topological polar surface area (TPSA) is 40.5 Å². The molecule has 1 aliphatic heterocycles. The molecule has 1 N–H and O–H groups in total. The van der Waals surface area contributed by atoms with Crippen molar-refractivity contribution in [3.8, 4) is 0 Å². The van der Waals surface area contributed by atoms with Crippen LogP contribution < -0.4 is 0 Å². The van der Waals surface area contributed by atoms with Gasteiger partial charge in [0.2, 0.25) is 0 Å². The van der Waals surface area contributed by atoms with Crippen molar-refractivity contribution in [1.82, 2.24) is 4.90 Å². The van der Waals surface area contributed by atoms with Gasteiger partial charge in [0.1, 0.15) is 6.04 Å². The summed E-state index contributed by atoms with van der Waals surface area (Å²) >= 11 is 0. The number of likely N-dealkylation sites (tertiary alicyclic amines) is 1. The van der Waals surface area contributed by atoms with Gasteiger partial charge in [0.05, 0.1) is 6.04 Å². The Hall–Kier alpha value is -1.84. The highest BCUT2D eigenvalue weighted by Crippen LogP contribution is 2.33. The van der Waals surface area contributed by atoms with Gasteiger partial charge in [-0.15, -0.1) is 12.4 Å². The van der Waals surface area contributed by atoms with E-state index >= 15 is 0 Å². The van der Waals surface area contributed by atoms with Gasteiger partial charge in [-0.3, -0.25) is 9.69 Å². The Morgan fingerprint density at radius 3 is 1.96 bits per heavy atom. The smallest absolute Gasteiger partial charge is 0.320 e. The van der Waals surface area contributed by atoms with Crippen LogP contribution in [0.25, 0.3) is 0 Å². The first-order valence-corrected chi connectivity index (χ1v) is 7.86. The molecule has 1 saturated heterocycles. The predicted octanol–water partition coefficient (Wildman–Crippen LogP) is 4.14. The van der Waals surface area contributed by atoms with E-state index in [2.05, 4.69) is 29.2 Å². The molecule has 0 amide bonds. The van der Waals surface area contributed by atoms with Crippen LogP contribution in [-0.2, 0) is 4.79 Å². The molecule has 0 aliphatic carbocycles. The minimum absolute atomic E-state index is 0. The number of aliphatic carboxylic acids is 1. The minimum Gasteiger partial charge on any atom is -0.480 e. The number of nitrogens with zero attached hydrogens (tertiary/aromatic N) is 1. The summed E-state index contributed by atoms with van der Waals surface area (Å²) in [5, 5.41) is 9.61. The normalized spacial score (nSPS) is 18.4. The third-order valence-corrected chi connectivity index (χ3v) is 4.39. The van der Waals surface area contributed by atoms with Gasteiger partial charge >= 0.3 is 5.97 Å². The van der Waals surface area contributed by atoms with Crippen LogP contribution in [0.2, 0.25) is 0 Å². The fourth-order valence-electron chi connectivity index (χ4n) is 3.37. The summed E-state index contributed by atoms with van der Waals surface area (Å²) < 4.78 is 0. The Morgan fingerprint density at radius 1 is 0.957 bits per heavy atom. The van der Waals surface area contributed by atoms with Gasteiger partial charge in [-0.05, 0) is 30.5 Å². The summed E-state index contributed by atoms with van der Waals surface area (Å²) in [6.45, 7) is 0.825. The number of rotatable bonds is 4. The molecule has 2 aromatic carbocycles. The number of hydrogen-bond acceptors (Lipinski definition) is 2. The number of carbonyl (C=O) groups is 1. The second-order valence-electron chi connectivity index (χ2n) is 5.81. The van der Waals surface area contributed by atoms with E-state index in [0.29, 0.717) is 0 Å². The number of carboxylic acids is 1. The van der Waals surface area contributed by atoms with Crippen LogP contribution in [0.1, 0.15) is 36.4 Å². The minimum atomic E-state index is -0.712. The fraction of sp³-hybridized carbons (Fsp3) is 0.316. The lowest BCUT2D eigenvalue weighted by atomic mass is 9.92. The molecular formula is C19H22ClNO2. The molecule has 23 heavy (non-hydrogen) atoms. The standard InChI is InChI=1S/C19H21NO2.ClH/c21-19(22)17-13-7-8-14-20(17)18(15-9-3-1-4-10-15)16-11-5-2-6-12-16;/h1-6,9-12,17-18H,7-8,13-14H2,(H,21,22);1H. The van der Waals surface area contributed by atoms with Crippen molar-refractivity contribution in [2.75, 3.05) is 6.54 Å². The van der Waals surface area contributed by atoms with Gasteiger partial charge in [-0.1, -0.05) is 67.1 Å². The van der Waals surface area contributed by atoms with Crippen molar-refractivity contribution in [1.29, 1.82) is 0 Å².